The van der Waals surface area contributed by atoms with Crippen LogP contribution in [-0.2, 0) is 7.05 Å². The molecule has 3 aromatic rings. The van der Waals surface area contributed by atoms with Crippen molar-refractivity contribution in [3.05, 3.63) is 30.2 Å². The fourth-order valence-corrected chi connectivity index (χ4v) is 2.36. The van der Waals surface area contributed by atoms with Crippen molar-refractivity contribution in [1.29, 1.82) is 0 Å². The fraction of sp³-hybridized carbons (Fsp3) is 0.308. The first kappa shape index (κ1) is 9.82. The summed E-state index contributed by atoms with van der Waals surface area (Å²) in [6.45, 7) is 0. The highest BCUT2D eigenvalue weighted by Gasteiger charge is 2.29. The van der Waals surface area contributed by atoms with Crippen LogP contribution in [0.15, 0.2) is 24.5 Å². The Morgan fingerprint density at radius 3 is 3.06 bits per heavy atom. The second kappa shape index (κ2) is 3.41. The van der Waals surface area contributed by atoms with E-state index in [4.69, 9.17) is 0 Å². The van der Waals surface area contributed by atoms with Crippen LogP contribution in [0.2, 0.25) is 0 Å². The molecule has 1 aliphatic rings. The third-order valence-electron chi connectivity index (χ3n) is 3.51. The molecule has 0 aliphatic heterocycles. The molecule has 4 rings (SSSR count). The second-order valence-electron chi connectivity index (χ2n) is 4.83. The summed E-state index contributed by atoms with van der Waals surface area (Å²) in [7, 11) is 1.93. The molecule has 0 saturated heterocycles. The van der Waals surface area contributed by atoms with Gasteiger partial charge < -0.3 is 0 Å². The first-order chi connectivity index (χ1) is 8.83. The summed E-state index contributed by atoms with van der Waals surface area (Å²) in [5.74, 6) is 0.623. The summed E-state index contributed by atoms with van der Waals surface area (Å²) in [5, 5.41) is 11.5. The summed E-state index contributed by atoms with van der Waals surface area (Å²) in [4.78, 5) is 4.67. The molecule has 0 unspecified atom stereocenters. The van der Waals surface area contributed by atoms with Crippen molar-refractivity contribution < 1.29 is 0 Å². The number of hydrogen-bond donors (Lipinski definition) is 1. The molecule has 5 heteroatoms. The van der Waals surface area contributed by atoms with Crippen LogP contribution >= 0.6 is 0 Å². The number of pyridine rings is 1. The molecule has 0 aromatic carbocycles. The third-order valence-corrected chi connectivity index (χ3v) is 3.51. The molecule has 1 aliphatic carbocycles. The second-order valence-corrected chi connectivity index (χ2v) is 4.83. The molecule has 0 radical (unpaired) electrons. The van der Waals surface area contributed by atoms with Gasteiger partial charge in [-0.2, -0.15) is 10.2 Å². The van der Waals surface area contributed by atoms with Gasteiger partial charge in [0.15, 0.2) is 0 Å². The lowest BCUT2D eigenvalue weighted by molar-refractivity contribution is 0.797. The van der Waals surface area contributed by atoms with Gasteiger partial charge in [0.2, 0.25) is 0 Å². The Bertz CT molecular complexity index is 720. The van der Waals surface area contributed by atoms with Gasteiger partial charge in [0, 0.05) is 24.7 Å². The van der Waals surface area contributed by atoms with Crippen molar-refractivity contribution in [3.63, 3.8) is 0 Å². The van der Waals surface area contributed by atoms with E-state index in [1.165, 1.54) is 12.8 Å². The summed E-state index contributed by atoms with van der Waals surface area (Å²) >= 11 is 0. The minimum atomic E-state index is 0.623. The van der Waals surface area contributed by atoms with E-state index < -0.39 is 0 Å². The predicted molar refractivity (Wildman–Crippen MR) is 68.1 cm³/mol. The number of H-pyrrole nitrogens is 1. The van der Waals surface area contributed by atoms with Crippen LogP contribution in [0.4, 0.5) is 0 Å². The number of nitrogens with zero attached hydrogens (tertiary/aromatic N) is 4. The van der Waals surface area contributed by atoms with Gasteiger partial charge in [-0.25, -0.2) is 4.98 Å². The average molecular weight is 239 g/mol. The largest absolute Gasteiger partial charge is 0.285 e. The van der Waals surface area contributed by atoms with E-state index in [0.717, 1.165) is 28.0 Å². The Labute approximate surface area is 104 Å². The maximum atomic E-state index is 4.67. The van der Waals surface area contributed by atoms with Gasteiger partial charge in [0.05, 0.1) is 23.1 Å². The maximum Gasteiger partial charge on any atom is 0.109 e. The molecular weight excluding hydrogens is 226 g/mol. The lowest BCUT2D eigenvalue weighted by atomic mass is 10.1. The summed E-state index contributed by atoms with van der Waals surface area (Å²) in [5.41, 5.74) is 5.24. The standard InChI is InChI=1S/C13H13N5/c1-18-12-5-4-10(16-11(12)7-15-18)9-6-14-17-13(9)8-2-3-8/h4-8H,2-3H2,1H3,(H,14,17). The van der Waals surface area contributed by atoms with Crippen molar-refractivity contribution in [2.75, 3.05) is 0 Å². The van der Waals surface area contributed by atoms with Crippen LogP contribution in [0.3, 0.4) is 0 Å². The zero-order chi connectivity index (χ0) is 12.1. The number of fused-ring (bicyclic) bond motifs is 1. The highest BCUT2D eigenvalue weighted by atomic mass is 15.3. The Kier molecular flexibility index (Phi) is 1.86. The monoisotopic (exact) mass is 239 g/mol. The summed E-state index contributed by atoms with van der Waals surface area (Å²) < 4.78 is 1.84. The van der Waals surface area contributed by atoms with E-state index in [1.54, 1.807) is 6.20 Å². The van der Waals surface area contributed by atoms with E-state index in [9.17, 15) is 0 Å². The number of hydrogen-bond acceptors (Lipinski definition) is 3. The topological polar surface area (TPSA) is 59.4 Å². The molecule has 90 valence electrons. The highest BCUT2D eigenvalue weighted by molar-refractivity contribution is 5.78. The van der Waals surface area contributed by atoms with Crippen molar-refractivity contribution in [3.8, 4) is 11.3 Å². The molecule has 3 aromatic heterocycles. The van der Waals surface area contributed by atoms with Gasteiger partial charge in [-0.05, 0) is 25.0 Å². The van der Waals surface area contributed by atoms with Gasteiger partial charge in [-0.1, -0.05) is 0 Å². The summed E-state index contributed by atoms with van der Waals surface area (Å²) in [6, 6.07) is 4.11. The Morgan fingerprint density at radius 2 is 2.22 bits per heavy atom. The molecule has 18 heavy (non-hydrogen) atoms. The van der Waals surface area contributed by atoms with Gasteiger partial charge in [-0.3, -0.25) is 9.78 Å². The number of aryl methyl sites for hydroxylation is 1. The number of nitrogens with one attached hydrogen (secondary N) is 1. The van der Waals surface area contributed by atoms with Crippen LogP contribution in [0.5, 0.6) is 0 Å². The zero-order valence-electron chi connectivity index (χ0n) is 10.1. The van der Waals surface area contributed by atoms with Crippen molar-refractivity contribution in [2.45, 2.75) is 18.8 Å². The quantitative estimate of drug-likeness (QED) is 0.746. The Balaban J connectivity index is 1.88. The van der Waals surface area contributed by atoms with E-state index in [0.29, 0.717) is 5.92 Å². The van der Waals surface area contributed by atoms with E-state index >= 15 is 0 Å². The molecule has 1 fully saturated rings. The lowest BCUT2D eigenvalue weighted by Gasteiger charge is -2.01. The van der Waals surface area contributed by atoms with E-state index in [-0.39, 0.29) is 0 Å². The van der Waals surface area contributed by atoms with Gasteiger partial charge in [-0.15, -0.1) is 0 Å². The average Bonchev–Trinajstić information content (AvgIpc) is 3.00. The van der Waals surface area contributed by atoms with Crippen molar-refractivity contribution in [2.24, 2.45) is 7.05 Å². The molecule has 0 bridgehead atoms. The SMILES string of the molecule is Cn1ncc2nc(-c3c[nH]nc3C3CC3)ccc21. The zero-order valence-corrected chi connectivity index (χ0v) is 10.1. The molecule has 1 saturated carbocycles. The molecule has 5 nitrogen and oxygen atoms in total. The smallest absolute Gasteiger partial charge is 0.109 e. The Hall–Kier alpha value is -2.17. The van der Waals surface area contributed by atoms with Crippen LogP contribution in [0.25, 0.3) is 22.3 Å². The minimum absolute atomic E-state index is 0.623. The van der Waals surface area contributed by atoms with E-state index in [1.807, 2.05) is 24.0 Å². The van der Waals surface area contributed by atoms with Crippen LogP contribution in [0.1, 0.15) is 24.5 Å². The fourth-order valence-electron chi connectivity index (χ4n) is 2.36. The van der Waals surface area contributed by atoms with E-state index in [2.05, 4.69) is 26.3 Å². The number of rotatable bonds is 2. The number of aromatic amines is 1. The first-order valence-corrected chi connectivity index (χ1v) is 6.16. The Morgan fingerprint density at radius 1 is 1.33 bits per heavy atom. The van der Waals surface area contributed by atoms with Crippen LogP contribution < -0.4 is 0 Å². The highest BCUT2D eigenvalue weighted by Crippen LogP contribution is 2.42. The van der Waals surface area contributed by atoms with Crippen LogP contribution in [-0.4, -0.2) is 25.0 Å². The molecule has 1 N–H and O–H groups in total. The van der Waals surface area contributed by atoms with Crippen molar-refractivity contribution >= 4 is 11.0 Å². The minimum Gasteiger partial charge on any atom is -0.285 e. The maximum absolute atomic E-state index is 4.67. The predicted octanol–water partition coefficient (Wildman–Crippen LogP) is 2.24. The molecule has 0 amide bonds. The van der Waals surface area contributed by atoms with Gasteiger partial charge in [0.25, 0.3) is 0 Å². The van der Waals surface area contributed by atoms with Crippen LogP contribution in [0, 0.1) is 0 Å². The molecule has 0 atom stereocenters. The molecule has 3 heterocycles. The molecule has 0 spiro atoms. The van der Waals surface area contributed by atoms with Gasteiger partial charge >= 0.3 is 0 Å². The number of aromatic nitrogens is 5. The molecular formula is C13H13N5. The van der Waals surface area contributed by atoms with Gasteiger partial charge in [0.1, 0.15) is 5.52 Å². The summed E-state index contributed by atoms with van der Waals surface area (Å²) in [6.07, 6.45) is 6.23. The lowest BCUT2D eigenvalue weighted by Crippen LogP contribution is -1.91. The van der Waals surface area contributed by atoms with Crippen molar-refractivity contribution in [1.82, 2.24) is 25.0 Å². The first-order valence-electron chi connectivity index (χ1n) is 6.16. The third kappa shape index (κ3) is 1.37. The normalized spacial score (nSPS) is 15.4.